The fraction of sp³-hybridized carbons (Fsp3) is 0.435. The van der Waals surface area contributed by atoms with Gasteiger partial charge in [-0.25, -0.2) is 4.98 Å². The number of carbonyl (C=O) groups is 2. The molecule has 10 nitrogen and oxygen atoms in total. The van der Waals surface area contributed by atoms with Crippen LogP contribution < -0.4 is 15.1 Å². The Balaban J connectivity index is 1.40. The second-order valence-electron chi connectivity index (χ2n) is 8.36. The summed E-state index contributed by atoms with van der Waals surface area (Å²) in [5, 5.41) is 14.5. The van der Waals surface area contributed by atoms with Gasteiger partial charge >= 0.3 is 0 Å². The van der Waals surface area contributed by atoms with Crippen LogP contribution in [0.2, 0.25) is 0 Å². The van der Waals surface area contributed by atoms with Crippen molar-refractivity contribution in [3.63, 3.8) is 0 Å². The first-order valence-electron chi connectivity index (χ1n) is 11.2. The first kappa shape index (κ1) is 22.5. The molecule has 0 bridgehead atoms. The van der Waals surface area contributed by atoms with Crippen molar-refractivity contribution in [3.05, 3.63) is 57.8 Å². The molecule has 33 heavy (non-hydrogen) atoms. The van der Waals surface area contributed by atoms with Crippen LogP contribution in [-0.2, 0) is 11.3 Å². The first-order chi connectivity index (χ1) is 15.9. The van der Waals surface area contributed by atoms with Gasteiger partial charge in [0.1, 0.15) is 11.5 Å². The van der Waals surface area contributed by atoms with Crippen LogP contribution in [0.3, 0.4) is 0 Å². The monoisotopic (exact) mass is 452 g/mol. The number of piperazine rings is 1. The minimum atomic E-state index is -0.468. The fourth-order valence-corrected chi connectivity index (χ4v) is 4.28. The van der Waals surface area contributed by atoms with Gasteiger partial charge in [0.2, 0.25) is 5.91 Å². The molecule has 2 aliphatic heterocycles. The lowest BCUT2D eigenvalue weighted by Crippen LogP contribution is -2.48. The van der Waals surface area contributed by atoms with Gasteiger partial charge in [-0.15, -0.1) is 0 Å². The van der Waals surface area contributed by atoms with Gasteiger partial charge < -0.3 is 20.0 Å². The van der Waals surface area contributed by atoms with Crippen LogP contribution in [-0.4, -0.2) is 65.9 Å². The summed E-state index contributed by atoms with van der Waals surface area (Å²) in [6.07, 6.45) is 4.11. The van der Waals surface area contributed by atoms with E-state index in [0.29, 0.717) is 31.9 Å². The Morgan fingerprint density at radius 1 is 1.03 bits per heavy atom. The van der Waals surface area contributed by atoms with E-state index in [1.165, 1.54) is 25.8 Å². The highest BCUT2D eigenvalue weighted by atomic mass is 16.6. The lowest BCUT2D eigenvalue weighted by Gasteiger charge is -2.35. The Kier molecular flexibility index (Phi) is 6.71. The predicted molar refractivity (Wildman–Crippen MR) is 124 cm³/mol. The van der Waals surface area contributed by atoms with Gasteiger partial charge in [-0.2, -0.15) is 0 Å². The minimum Gasteiger partial charge on any atom is -0.362 e. The van der Waals surface area contributed by atoms with Crippen molar-refractivity contribution < 1.29 is 14.5 Å². The van der Waals surface area contributed by atoms with Gasteiger partial charge in [0.25, 0.3) is 11.6 Å². The molecule has 2 amide bonds. The third kappa shape index (κ3) is 5.21. The number of nitrogens with zero attached hydrogens (tertiary/aromatic N) is 5. The molecule has 0 spiro atoms. The van der Waals surface area contributed by atoms with E-state index in [1.54, 1.807) is 23.2 Å². The van der Waals surface area contributed by atoms with Crippen molar-refractivity contribution in [2.75, 3.05) is 49.1 Å². The second-order valence-corrected chi connectivity index (χ2v) is 8.36. The number of aromatic nitrogens is 1. The molecular formula is C23H28N6O4. The summed E-state index contributed by atoms with van der Waals surface area (Å²) in [7, 11) is 0. The number of amides is 2. The number of carbonyl (C=O) groups excluding carboxylic acids is 2. The molecule has 174 valence electrons. The van der Waals surface area contributed by atoms with Crippen LogP contribution in [0.5, 0.6) is 0 Å². The average Bonchev–Trinajstić information content (AvgIpc) is 3.37. The fourth-order valence-electron chi connectivity index (χ4n) is 4.28. The van der Waals surface area contributed by atoms with Gasteiger partial charge in [-0.05, 0) is 36.6 Å². The van der Waals surface area contributed by atoms with Crippen LogP contribution in [0.15, 0.2) is 36.5 Å². The third-order valence-electron chi connectivity index (χ3n) is 6.19. The second kappa shape index (κ2) is 9.85. The summed E-state index contributed by atoms with van der Waals surface area (Å²) in [5.74, 6) is 0.560. The lowest BCUT2D eigenvalue weighted by molar-refractivity contribution is -0.384. The number of nitro benzene ring substituents is 1. The number of rotatable bonds is 6. The Labute approximate surface area is 192 Å². The molecule has 10 heteroatoms. The summed E-state index contributed by atoms with van der Waals surface area (Å²) in [4.78, 5) is 45.7. The van der Waals surface area contributed by atoms with E-state index in [1.807, 2.05) is 17.0 Å². The summed E-state index contributed by atoms with van der Waals surface area (Å²) in [6.45, 7) is 5.88. The molecule has 1 aromatic heterocycles. The third-order valence-corrected chi connectivity index (χ3v) is 6.19. The number of nitro groups is 1. The van der Waals surface area contributed by atoms with Gasteiger partial charge in [0.05, 0.1) is 4.92 Å². The van der Waals surface area contributed by atoms with E-state index < -0.39 is 4.92 Å². The van der Waals surface area contributed by atoms with E-state index in [-0.39, 0.29) is 29.6 Å². The van der Waals surface area contributed by atoms with Gasteiger partial charge in [-0.1, -0.05) is 6.07 Å². The molecule has 0 radical (unpaired) electrons. The highest BCUT2D eigenvalue weighted by Crippen LogP contribution is 2.30. The van der Waals surface area contributed by atoms with E-state index in [0.717, 1.165) is 24.5 Å². The standard InChI is InChI=1S/C23H28N6O4/c1-17(30)26-10-12-27(13-11-26)20-6-5-19(14-21(20)29(32)33)23(31)25-16-18-4-7-22(24-15-18)28-8-2-3-9-28/h4-7,14-15H,2-3,8-13,16H2,1H3,(H,25,31). The molecule has 3 heterocycles. The van der Waals surface area contributed by atoms with E-state index in [9.17, 15) is 19.7 Å². The van der Waals surface area contributed by atoms with Crippen molar-refractivity contribution in [3.8, 4) is 0 Å². The number of hydrogen-bond donors (Lipinski definition) is 1. The highest BCUT2D eigenvalue weighted by molar-refractivity contribution is 5.95. The van der Waals surface area contributed by atoms with E-state index >= 15 is 0 Å². The molecule has 1 aromatic carbocycles. The Morgan fingerprint density at radius 3 is 2.36 bits per heavy atom. The number of nitrogens with one attached hydrogen (secondary N) is 1. The SMILES string of the molecule is CC(=O)N1CCN(c2ccc(C(=O)NCc3ccc(N4CCCC4)nc3)cc2[N+](=O)[O-])CC1. The molecule has 0 atom stereocenters. The zero-order valence-corrected chi connectivity index (χ0v) is 18.7. The lowest BCUT2D eigenvalue weighted by atomic mass is 10.1. The Bertz CT molecular complexity index is 1030. The number of anilines is 2. The van der Waals surface area contributed by atoms with Crippen LogP contribution in [0.1, 0.15) is 35.7 Å². The quantitative estimate of drug-likeness (QED) is 0.528. The maximum absolute atomic E-state index is 12.7. The van der Waals surface area contributed by atoms with Crippen molar-refractivity contribution >= 4 is 29.0 Å². The molecule has 2 fully saturated rings. The van der Waals surface area contributed by atoms with E-state index in [2.05, 4.69) is 15.2 Å². The van der Waals surface area contributed by atoms with Crippen molar-refractivity contribution in [1.82, 2.24) is 15.2 Å². The maximum atomic E-state index is 12.7. The average molecular weight is 453 g/mol. The summed E-state index contributed by atoms with van der Waals surface area (Å²) in [5.41, 5.74) is 1.44. The van der Waals surface area contributed by atoms with Crippen molar-refractivity contribution in [2.45, 2.75) is 26.3 Å². The van der Waals surface area contributed by atoms with Crippen LogP contribution in [0.4, 0.5) is 17.2 Å². The van der Waals surface area contributed by atoms with E-state index in [4.69, 9.17) is 0 Å². The molecule has 1 N–H and O–H groups in total. The van der Waals surface area contributed by atoms with Crippen molar-refractivity contribution in [1.29, 1.82) is 0 Å². The Hall–Kier alpha value is -3.69. The topological polar surface area (TPSA) is 112 Å². The van der Waals surface area contributed by atoms with Crippen LogP contribution in [0, 0.1) is 10.1 Å². The molecule has 2 saturated heterocycles. The minimum absolute atomic E-state index is 0.00273. The predicted octanol–water partition coefficient (Wildman–Crippen LogP) is 2.19. The molecule has 4 rings (SSSR count). The molecule has 2 aliphatic rings. The zero-order chi connectivity index (χ0) is 23.4. The summed E-state index contributed by atoms with van der Waals surface area (Å²) < 4.78 is 0. The smallest absolute Gasteiger partial charge is 0.293 e. The number of hydrogen-bond acceptors (Lipinski definition) is 7. The summed E-state index contributed by atoms with van der Waals surface area (Å²) in [6, 6.07) is 8.43. The van der Waals surface area contributed by atoms with Crippen LogP contribution >= 0.6 is 0 Å². The summed E-state index contributed by atoms with van der Waals surface area (Å²) >= 11 is 0. The van der Waals surface area contributed by atoms with Crippen molar-refractivity contribution in [2.24, 2.45) is 0 Å². The normalized spacial score (nSPS) is 16.1. The molecule has 0 saturated carbocycles. The number of benzene rings is 1. The maximum Gasteiger partial charge on any atom is 0.293 e. The largest absolute Gasteiger partial charge is 0.362 e. The molecule has 0 unspecified atom stereocenters. The van der Waals surface area contributed by atoms with Gasteiger partial charge in [0, 0.05) is 70.6 Å². The van der Waals surface area contributed by atoms with Gasteiger partial charge in [-0.3, -0.25) is 19.7 Å². The van der Waals surface area contributed by atoms with Gasteiger partial charge in [0.15, 0.2) is 0 Å². The molecular weight excluding hydrogens is 424 g/mol. The first-order valence-corrected chi connectivity index (χ1v) is 11.2. The zero-order valence-electron chi connectivity index (χ0n) is 18.7. The Morgan fingerprint density at radius 2 is 1.76 bits per heavy atom. The molecule has 0 aliphatic carbocycles. The number of pyridine rings is 1. The molecule has 2 aromatic rings. The highest BCUT2D eigenvalue weighted by Gasteiger charge is 2.26. The van der Waals surface area contributed by atoms with Crippen LogP contribution in [0.25, 0.3) is 0 Å².